The summed E-state index contributed by atoms with van der Waals surface area (Å²) in [4.78, 5) is 7.23. The second-order valence-corrected chi connectivity index (χ2v) is 5.64. The van der Waals surface area contributed by atoms with Gasteiger partial charge in [0.05, 0.1) is 11.7 Å². The molecule has 1 fully saturated rings. The van der Waals surface area contributed by atoms with Crippen LogP contribution in [-0.4, -0.2) is 36.1 Å². The van der Waals surface area contributed by atoms with Crippen molar-refractivity contribution in [1.29, 1.82) is 0 Å². The molecule has 0 spiro atoms. The molecule has 0 amide bonds. The third kappa shape index (κ3) is 5.86. The predicted octanol–water partition coefficient (Wildman–Crippen LogP) is 3.82. The van der Waals surface area contributed by atoms with Crippen LogP contribution >= 0.6 is 40.7 Å². The van der Waals surface area contributed by atoms with Gasteiger partial charge in [-0.05, 0) is 34.5 Å². The number of pyridine rings is 1. The number of aromatic nitrogens is 1. The molecule has 3 nitrogen and oxygen atoms in total. The van der Waals surface area contributed by atoms with E-state index in [0.717, 1.165) is 30.8 Å². The Morgan fingerprint density at radius 2 is 2.00 bits per heavy atom. The molecule has 0 aliphatic carbocycles. The first-order valence-corrected chi connectivity index (χ1v) is 7.68. The number of hydrogen-bond donors (Lipinski definition) is 1. The maximum absolute atomic E-state index is 4.66. The molecule has 1 aliphatic heterocycles. The van der Waals surface area contributed by atoms with Crippen molar-refractivity contribution in [2.24, 2.45) is 0 Å². The number of piperazine rings is 1. The van der Waals surface area contributed by atoms with E-state index in [1.165, 1.54) is 25.0 Å². The summed E-state index contributed by atoms with van der Waals surface area (Å²) in [5.74, 6) is 0. The first-order chi connectivity index (χ1) is 8.81. The summed E-state index contributed by atoms with van der Waals surface area (Å²) in [5, 5.41) is 3.42. The average molecular weight is 385 g/mol. The van der Waals surface area contributed by atoms with E-state index in [1.807, 2.05) is 6.07 Å². The van der Waals surface area contributed by atoms with Gasteiger partial charge in [0.1, 0.15) is 4.60 Å². The standard InChI is InChI=1S/C14H22BrN3.2ClH/c1-2-3-6-13(18-10-8-16-9-11-18)12-5-4-7-14(15)17-12;;/h4-5,7,13,16H,2-3,6,8-11H2,1H3;2*1H/t13-;;/m1../s1. The number of nitrogens with one attached hydrogen (secondary N) is 1. The lowest BCUT2D eigenvalue weighted by atomic mass is 10.0. The molecule has 1 atom stereocenters. The van der Waals surface area contributed by atoms with Crippen molar-refractivity contribution < 1.29 is 0 Å². The van der Waals surface area contributed by atoms with Crippen LogP contribution in [0.25, 0.3) is 0 Å². The number of rotatable bonds is 5. The number of hydrogen-bond acceptors (Lipinski definition) is 3. The van der Waals surface area contributed by atoms with E-state index in [0.29, 0.717) is 6.04 Å². The molecule has 2 heterocycles. The van der Waals surface area contributed by atoms with Crippen LogP contribution in [0.2, 0.25) is 0 Å². The minimum absolute atomic E-state index is 0. The Balaban J connectivity index is 0.00000180. The molecule has 0 bridgehead atoms. The fourth-order valence-corrected chi connectivity index (χ4v) is 2.88. The molecule has 116 valence electrons. The smallest absolute Gasteiger partial charge is 0.106 e. The van der Waals surface area contributed by atoms with Gasteiger partial charge in [-0.25, -0.2) is 4.98 Å². The van der Waals surface area contributed by atoms with Crippen molar-refractivity contribution >= 4 is 40.7 Å². The molecule has 0 saturated carbocycles. The Morgan fingerprint density at radius 1 is 1.30 bits per heavy atom. The maximum atomic E-state index is 4.66. The normalized spacial score (nSPS) is 16.9. The van der Waals surface area contributed by atoms with Crippen LogP contribution in [0.15, 0.2) is 22.8 Å². The highest BCUT2D eigenvalue weighted by atomic mass is 79.9. The molecular formula is C14H24BrCl2N3. The quantitative estimate of drug-likeness (QED) is 0.782. The van der Waals surface area contributed by atoms with E-state index in [9.17, 15) is 0 Å². The monoisotopic (exact) mass is 383 g/mol. The maximum Gasteiger partial charge on any atom is 0.106 e. The number of halogens is 3. The van der Waals surface area contributed by atoms with Gasteiger partial charge in [0.15, 0.2) is 0 Å². The Hall–Kier alpha value is 0.130. The summed E-state index contributed by atoms with van der Waals surface area (Å²) in [7, 11) is 0. The average Bonchev–Trinajstić information content (AvgIpc) is 2.40. The summed E-state index contributed by atoms with van der Waals surface area (Å²) in [5.41, 5.74) is 1.21. The SMILES string of the molecule is CCCC[C@H](c1cccc(Br)n1)N1CCNCC1.Cl.Cl. The van der Waals surface area contributed by atoms with Gasteiger partial charge in [0.2, 0.25) is 0 Å². The minimum atomic E-state index is 0. The van der Waals surface area contributed by atoms with Gasteiger partial charge in [-0.1, -0.05) is 25.8 Å². The van der Waals surface area contributed by atoms with Crippen LogP contribution in [0.4, 0.5) is 0 Å². The van der Waals surface area contributed by atoms with Crippen molar-refractivity contribution in [2.75, 3.05) is 26.2 Å². The Labute approximate surface area is 142 Å². The zero-order valence-electron chi connectivity index (χ0n) is 11.8. The van der Waals surface area contributed by atoms with Crippen molar-refractivity contribution in [2.45, 2.75) is 32.2 Å². The molecule has 1 N–H and O–H groups in total. The molecule has 20 heavy (non-hydrogen) atoms. The van der Waals surface area contributed by atoms with Gasteiger partial charge in [-0.15, -0.1) is 24.8 Å². The summed E-state index contributed by atoms with van der Waals surface area (Å²) in [6.45, 7) is 6.70. The third-order valence-electron chi connectivity index (χ3n) is 3.50. The summed E-state index contributed by atoms with van der Waals surface area (Å²) in [6, 6.07) is 6.73. The molecule has 1 aromatic rings. The predicted molar refractivity (Wildman–Crippen MR) is 93.1 cm³/mol. The first kappa shape index (κ1) is 20.1. The summed E-state index contributed by atoms with van der Waals surface area (Å²) < 4.78 is 0.941. The van der Waals surface area contributed by atoms with Crippen LogP contribution in [0.1, 0.15) is 37.9 Å². The van der Waals surface area contributed by atoms with E-state index >= 15 is 0 Å². The number of unbranched alkanes of at least 4 members (excludes halogenated alkanes) is 1. The van der Waals surface area contributed by atoms with Crippen LogP contribution < -0.4 is 5.32 Å². The molecule has 1 aliphatic rings. The fraction of sp³-hybridized carbons (Fsp3) is 0.643. The second-order valence-electron chi connectivity index (χ2n) is 4.83. The zero-order valence-corrected chi connectivity index (χ0v) is 15.1. The Kier molecular flexibility index (Phi) is 10.9. The molecule has 1 aromatic heterocycles. The zero-order chi connectivity index (χ0) is 12.8. The fourth-order valence-electron chi connectivity index (χ4n) is 2.52. The van der Waals surface area contributed by atoms with E-state index in [-0.39, 0.29) is 24.8 Å². The van der Waals surface area contributed by atoms with Gasteiger partial charge in [-0.3, -0.25) is 4.90 Å². The molecule has 2 rings (SSSR count). The second kappa shape index (κ2) is 10.8. The molecule has 0 unspecified atom stereocenters. The largest absolute Gasteiger partial charge is 0.314 e. The molecule has 0 aromatic carbocycles. The highest BCUT2D eigenvalue weighted by Crippen LogP contribution is 2.26. The highest BCUT2D eigenvalue weighted by molar-refractivity contribution is 9.10. The Morgan fingerprint density at radius 3 is 2.60 bits per heavy atom. The topological polar surface area (TPSA) is 28.2 Å². The first-order valence-electron chi connectivity index (χ1n) is 6.88. The lowest BCUT2D eigenvalue weighted by Gasteiger charge is -2.34. The molecule has 1 saturated heterocycles. The van der Waals surface area contributed by atoms with Crippen LogP contribution in [0.5, 0.6) is 0 Å². The van der Waals surface area contributed by atoms with Gasteiger partial charge >= 0.3 is 0 Å². The van der Waals surface area contributed by atoms with Gasteiger partial charge in [-0.2, -0.15) is 0 Å². The van der Waals surface area contributed by atoms with E-state index < -0.39 is 0 Å². The van der Waals surface area contributed by atoms with Crippen LogP contribution in [-0.2, 0) is 0 Å². The van der Waals surface area contributed by atoms with E-state index in [1.54, 1.807) is 0 Å². The highest BCUT2D eigenvalue weighted by Gasteiger charge is 2.22. The van der Waals surface area contributed by atoms with Crippen LogP contribution in [0.3, 0.4) is 0 Å². The molecule has 0 radical (unpaired) electrons. The van der Waals surface area contributed by atoms with Gasteiger partial charge in [0.25, 0.3) is 0 Å². The van der Waals surface area contributed by atoms with Crippen molar-refractivity contribution in [3.05, 3.63) is 28.5 Å². The van der Waals surface area contributed by atoms with Crippen molar-refractivity contribution in [3.63, 3.8) is 0 Å². The summed E-state index contributed by atoms with van der Waals surface area (Å²) >= 11 is 3.48. The van der Waals surface area contributed by atoms with Gasteiger partial charge in [0, 0.05) is 26.2 Å². The van der Waals surface area contributed by atoms with Crippen molar-refractivity contribution in [3.8, 4) is 0 Å². The van der Waals surface area contributed by atoms with E-state index in [4.69, 9.17) is 0 Å². The van der Waals surface area contributed by atoms with E-state index in [2.05, 4.69) is 50.2 Å². The van der Waals surface area contributed by atoms with Crippen LogP contribution in [0, 0.1) is 0 Å². The molecule has 6 heteroatoms. The third-order valence-corrected chi connectivity index (χ3v) is 3.94. The van der Waals surface area contributed by atoms with Gasteiger partial charge < -0.3 is 5.32 Å². The lowest BCUT2D eigenvalue weighted by molar-refractivity contribution is 0.160. The Bertz CT molecular complexity index is 373. The molecular weight excluding hydrogens is 361 g/mol. The number of nitrogens with zero attached hydrogens (tertiary/aromatic N) is 2. The van der Waals surface area contributed by atoms with Crippen molar-refractivity contribution in [1.82, 2.24) is 15.2 Å². The summed E-state index contributed by atoms with van der Waals surface area (Å²) in [6.07, 6.45) is 3.72. The minimum Gasteiger partial charge on any atom is -0.314 e. The lowest BCUT2D eigenvalue weighted by Crippen LogP contribution is -2.45.